The summed E-state index contributed by atoms with van der Waals surface area (Å²) in [6.45, 7) is 5.42. The first-order chi connectivity index (χ1) is 11.5. The van der Waals surface area contributed by atoms with Gasteiger partial charge in [0, 0.05) is 33.3 Å². The Balaban J connectivity index is 1.69. The van der Waals surface area contributed by atoms with E-state index in [1.807, 2.05) is 0 Å². The Bertz CT molecular complexity index is 649. The third kappa shape index (κ3) is 3.16. The summed E-state index contributed by atoms with van der Waals surface area (Å²) in [4.78, 5) is 32.0. The number of nitrogens with zero attached hydrogens (tertiary/aromatic N) is 3. The van der Waals surface area contributed by atoms with E-state index in [1.54, 1.807) is 36.0 Å². The Morgan fingerprint density at radius 1 is 1.50 bits per heavy atom. The minimum absolute atomic E-state index is 0.0229. The molecule has 0 radical (unpaired) electrons. The fourth-order valence-corrected chi connectivity index (χ4v) is 3.11. The van der Waals surface area contributed by atoms with E-state index >= 15 is 0 Å². The topological polar surface area (TPSA) is 74.8 Å². The lowest BCUT2D eigenvalue weighted by Crippen LogP contribution is -2.39. The quantitative estimate of drug-likeness (QED) is 0.904. The summed E-state index contributed by atoms with van der Waals surface area (Å²) < 4.78 is 5.72. The second kappa shape index (κ2) is 6.67. The van der Waals surface area contributed by atoms with E-state index in [0.29, 0.717) is 36.8 Å². The number of anilines is 1. The molecule has 1 saturated heterocycles. The van der Waals surface area contributed by atoms with Crippen LogP contribution in [0.25, 0.3) is 0 Å². The normalized spacial score (nSPS) is 22.4. The maximum atomic E-state index is 12.7. The predicted octanol–water partition coefficient (Wildman–Crippen LogP) is 1.36. The van der Waals surface area contributed by atoms with Crippen molar-refractivity contribution in [1.82, 2.24) is 14.8 Å². The molecule has 2 amide bonds. The molecule has 2 atom stereocenters. The molecule has 0 unspecified atom stereocenters. The monoisotopic (exact) mass is 332 g/mol. The Hall–Kier alpha value is -2.31. The molecule has 7 nitrogen and oxygen atoms in total. The number of nitrogens with one attached hydrogen (secondary N) is 1. The van der Waals surface area contributed by atoms with Gasteiger partial charge in [0.25, 0.3) is 5.91 Å². The Kier molecular flexibility index (Phi) is 4.59. The highest BCUT2D eigenvalue weighted by Gasteiger charge is 2.31. The van der Waals surface area contributed by atoms with Gasteiger partial charge in [0.2, 0.25) is 5.91 Å². The van der Waals surface area contributed by atoms with Crippen molar-refractivity contribution < 1.29 is 14.3 Å². The first-order valence-corrected chi connectivity index (χ1v) is 8.41. The van der Waals surface area contributed by atoms with Gasteiger partial charge in [-0.3, -0.25) is 9.59 Å². The lowest BCUT2D eigenvalue weighted by atomic mass is 10.2. The van der Waals surface area contributed by atoms with E-state index in [0.717, 1.165) is 12.8 Å². The van der Waals surface area contributed by atoms with Crippen LogP contribution in [0.1, 0.15) is 37.0 Å². The summed E-state index contributed by atoms with van der Waals surface area (Å²) in [5, 5.41) is 3.31. The Morgan fingerprint density at radius 2 is 2.29 bits per heavy atom. The number of rotatable bonds is 3. The first-order valence-electron chi connectivity index (χ1n) is 8.41. The molecule has 130 valence electrons. The van der Waals surface area contributed by atoms with Crippen LogP contribution in [0.3, 0.4) is 0 Å². The zero-order valence-electron chi connectivity index (χ0n) is 14.4. The number of hydrogen-bond acceptors (Lipinski definition) is 5. The fourth-order valence-electron chi connectivity index (χ4n) is 3.11. The number of likely N-dealkylation sites (tertiary alicyclic amines) is 1. The molecular weight excluding hydrogens is 308 g/mol. The average Bonchev–Trinajstić information content (AvgIpc) is 3.09. The molecule has 1 aromatic heterocycles. The van der Waals surface area contributed by atoms with Gasteiger partial charge in [0.05, 0.1) is 17.6 Å². The molecule has 1 aromatic rings. The summed E-state index contributed by atoms with van der Waals surface area (Å²) in [5.74, 6) is 1.28. The molecular formula is C17H24N4O3. The highest BCUT2D eigenvalue weighted by molar-refractivity contribution is 5.95. The van der Waals surface area contributed by atoms with Gasteiger partial charge in [0.1, 0.15) is 6.61 Å². The number of fused-ring (bicyclic) bond motifs is 1. The molecule has 2 aliphatic heterocycles. The molecule has 2 aliphatic rings. The zero-order valence-corrected chi connectivity index (χ0v) is 14.4. The van der Waals surface area contributed by atoms with E-state index in [1.165, 1.54) is 0 Å². The number of hydrogen-bond donors (Lipinski definition) is 1. The lowest BCUT2D eigenvalue weighted by Gasteiger charge is -2.26. The van der Waals surface area contributed by atoms with Crippen molar-refractivity contribution in [2.45, 2.75) is 38.8 Å². The number of aromatic nitrogens is 1. The van der Waals surface area contributed by atoms with Crippen molar-refractivity contribution in [3.05, 3.63) is 17.8 Å². The van der Waals surface area contributed by atoms with Gasteiger partial charge < -0.3 is 19.9 Å². The van der Waals surface area contributed by atoms with Crippen molar-refractivity contribution >= 4 is 17.6 Å². The highest BCUT2D eigenvalue weighted by atomic mass is 16.5. The third-order valence-corrected chi connectivity index (χ3v) is 4.87. The van der Waals surface area contributed by atoms with Crippen molar-refractivity contribution in [3.63, 3.8) is 0 Å². The number of ether oxygens (including phenoxy) is 1. The molecule has 1 N–H and O–H groups in total. The first kappa shape index (κ1) is 16.5. The minimum atomic E-state index is -0.0639. The van der Waals surface area contributed by atoms with E-state index in [-0.39, 0.29) is 23.9 Å². The third-order valence-electron chi connectivity index (χ3n) is 4.87. The van der Waals surface area contributed by atoms with Crippen LogP contribution in [0.15, 0.2) is 12.3 Å². The van der Waals surface area contributed by atoms with Gasteiger partial charge in [-0.1, -0.05) is 6.92 Å². The molecule has 0 spiro atoms. The van der Waals surface area contributed by atoms with Crippen LogP contribution in [0.5, 0.6) is 5.75 Å². The summed E-state index contributed by atoms with van der Waals surface area (Å²) in [7, 11) is 1.78. The second-order valence-electron chi connectivity index (χ2n) is 6.45. The van der Waals surface area contributed by atoms with Gasteiger partial charge in [0.15, 0.2) is 11.6 Å². The van der Waals surface area contributed by atoms with Crippen LogP contribution < -0.4 is 10.1 Å². The fraction of sp³-hybridized carbons (Fsp3) is 0.588. The summed E-state index contributed by atoms with van der Waals surface area (Å²) >= 11 is 0. The Labute approximate surface area is 142 Å². The number of pyridine rings is 1. The van der Waals surface area contributed by atoms with Crippen LogP contribution in [0, 0.1) is 0 Å². The number of carbonyl (C=O) groups excluding carboxylic acids is 2. The average molecular weight is 332 g/mol. The van der Waals surface area contributed by atoms with Gasteiger partial charge in [-0.25, -0.2) is 4.98 Å². The standard InChI is InChI=1S/C17H24N4O3/c1-4-13-10-24-15-7-12(8-18-16(15)19-13)17(23)21-6-5-14(9-21)20(3)11(2)22/h7-8,13-14H,4-6,9-10H2,1-3H3,(H,18,19)/t13-,14-/m0/s1. The van der Waals surface area contributed by atoms with Crippen LogP contribution >= 0.6 is 0 Å². The largest absolute Gasteiger partial charge is 0.488 e. The second-order valence-corrected chi connectivity index (χ2v) is 6.45. The van der Waals surface area contributed by atoms with Crippen LogP contribution in [0.2, 0.25) is 0 Å². The molecule has 0 aromatic carbocycles. The van der Waals surface area contributed by atoms with Crippen molar-refractivity contribution in [2.75, 3.05) is 32.1 Å². The van der Waals surface area contributed by atoms with Gasteiger partial charge in [-0.15, -0.1) is 0 Å². The lowest BCUT2D eigenvalue weighted by molar-refractivity contribution is -0.129. The van der Waals surface area contributed by atoms with Gasteiger partial charge in [-0.2, -0.15) is 0 Å². The zero-order chi connectivity index (χ0) is 17.3. The molecule has 0 bridgehead atoms. The van der Waals surface area contributed by atoms with Crippen molar-refractivity contribution in [2.24, 2.45) is 0 Å². The summed E-state index contributed by atoms with van der Waals surface area (Å²) in [5.41, 5.74) is 0.525. The molecule has 3 rings (SSSR count). The number of likely N-dealkylation sites (N-methyl/N-ethyl adjacent to an activating group) is 1. The van der Waals surface area contributed by atoms with E-state index < -0.39 is 0 Å². The smallest absolute Gasteiger partial charge is 0.255 e. The van der Waals surface area contributed by atoms with Gasteiger partial charge in [-0.05, 0) is 18.9 Å². The molecule has 0 aliphatic carbocycles. The minimum Gasteiger partial charge on any atom is -0.488 e. The molecule has 24 heavy (non-hydrogen) atoms. The predicted molar refractivity (Wildman–Crippen MR) is 90.2 cm³/mol. The summed E-state index contributed by atoms with van der Waals surface area (Å²) in [6.07, 6.45) is 3.36. The van der Waals surface area contributed by atoms with Crippen molar-refractivity contribution in [3.8, 4) is 5.75 Å². The molecule has 1 fully saturated rings. The van der Waals surface area contributed by atoms with E-state index in [9.17, 15) is 9.59 Å². The SMILES string of the molecule is CC[C@H]1COc2cc(C(=O)N3CC[C@H](N(C)C(C)=O)C3)cnc2N1. The number of amides is 2. The van der Waals surface area contributed by atoms with Crippen molar-refractivity contribution in [1.29, 1.82) is 0 Å². The molecule has 7 heteroatoms. The molecule has 3 heterocycles. The van der Waals surface area contributed by atoms with Gasteiger partial charge >= 0.3 is 0 Å². The maximum Gasteiger partial charge on any atom is 0.255 e. The Morgan fingerprint density at radius 3 is 3.00 bits per heavy atom. The van der Waals surface area contributed by atoms with Crippen LogP contribution in [-0.2, 0) is 4.79 Å². The van der Waals surface area contributed by atoms with Crippen LogP contribution in [0.4, 0.5) is 5.82 Å². The van der Waals surface area contributed by atoms with E-state index in [4.69, 9.17) is 4.74 Å². The highest BCUT2D eigenvalue weighted by Crippen LogP contribution is 2.29. The number of carbonyl (C=O) groups is 2. The van der Waals surface area contributed by atoms with E-state index in [2.05, 4.69) is 17.2 Å². The van der Waals surface area contributed by atoms with Crippen LogP contribution in [-0.4, -0.2) is 65.4 Å². The maximum absolute atomic E-state index is 12.7. The molecule has 0 saturated carbocycles. The summed E-state index contributed by atoms with van der Waals surface area (Å²) in [6, 6.07) is 2.10.